The molecule has 1 aromatic carbocycles. The third-order valence-electron chi connectivity index (χ3n) is 2.32. The zero-order chi connectivity index (χ0) is 12.1. The monoisotopic (exact) mass is 238 g/mol. The third-order valence-corrected chi connectivity index (χ3v) is 2.58. The van der Waals surface area contributed by atoms with Gasteiger partial charge in [-0.2, -0.15) is 17.9 Å². The van der Waals surface area contributed by atoms with Crippen LogP contribution in [0.4, 0.5) is 5.69 Å². The first-order chi connectivity index (χ1) is 7.60. The van der Waals surface area contributed by atoms with Crippen molar-refractivity contribution in [2.24, 2.45) is 0 Å². The van der Waals surface area contributed by atoms with Crippen LogP contribution in [-0.2, 0) is 0 Å². The van der Waals surface area contributed by atoms with Crippen LogP contribution in [0.5, 0.6) is 0 Å². The summed E-state index contributed by atoms with van der Waals surface area (Å²) in [6, 6.07) is 6.56. The van der Waals surface area contributed by atoms with Gasteiger partial charge >= 0.3 is 0 Å². The van der Waals surface area contributed by atoms with Gasteiger partial charge in [-0.25, -0.2) is 0 Å². The van der Waals surface area contributed by atoms with E-state index in [1.807, 2.05) is 6.07 Å². The molecule has 0 saturated heterocycles. The van der Waals surface area contributed by atoms with Crippen LogP contribution in [0.1, 0.15) is 23.7 Å². The van der Waals surface area contributed by atoms with Crippen LogP contribution in [0.25, 0.3) is 0 Å². The molecular weight excluding hydrogens is 224 g/mol. The van der Waals surface area contributed by atoms with Gasteiger partial charge < -0.3 is 15.9 Å². The Morgan fingerprint density at radius 2 is 2.12 bits per heavy atom. The number of benzene rings is 1. The summed E-state index contributed by atoms with van der Waals surface area (Å²) in [6.07, 6.45) is -1.64. The van der Waals surface area contributed by atoms with Crippen LogP contribution in [0.3, 0.4) is 0 Å². The summed E-state index contributed by atoms with van der Waals surface area (Å²) < 4.78 is 0. The standard InChI is InChI=1S/C11H14N2O2S/c12-6-7-1-2-9(13)8(5-7)11(15)10(14)3-4-16/h1-2,5,10-11,14-16H,3-4,13H2. The van der Waals surface area contributed by atoms with Gasteiger partial charge in [0, 0.05) is 11.3 Å². The second-order valence-corrected chi connectivity index (χ2v) is 3.93. The zero-order valence-electron chi connectivity index (χ0n) is 8.67. The van der Waals surface area contributed by atoms with Crippen LogP contribution in [0.2, 0.25) is 0 Å². The molecule has 0 bridgehead atoms. The van der Waals surface area contributed by atoms with Gasteiger partial charge in [-0.1, -0.05) is 0 Å². The first kappa shape index (κ1) is 12.8. The number of nitrogens with zero attached hydrogens (tertiary/aromatic N) is 1. The number of anilines is 1. The molecule has 0 aliphatic rings. The van der Waals surface area contributed by atoms with Gasteiger partial charge in [-0.05, 0) is 30.4 Å². The summed E-state index contributed by atoms with van der Waals surface area (Å²) in [5, 5.41) is 28.2. The summed E-state index contributed by atoms with van der Waals surface area (Å²) in [6.45, 7) is 0. The van der Waals surface area contributed by atoms with Crippen LogP contribution >= 0.6 is 12.6 Å². The van der Waals surface area contributed by atoms with Gasteiger partial charge in [-0.3, -0.25) is 0 Å². The SMILES string of the molecule is N#Cc1ccc(N)c(C(O)C(O)CCS)c1. The fraction of sp³-hybridized carbons (Fsp3) is 0.364. The highest BCUT2D eigenvalue weighted by atomic mass is 32.1. The third kappa shape index (κ3) is 2.89. The highest BCUT2D eigenvalue weighted by molar-refractivity contribution is 7.80. The molecule has 2 atom stereocenters. The lowest BCUT2D eigenvalue weighted by molar-refractivity contribution is 0.0176. The van der Waals surface area contributed by atoms with Crippen LogP contribution in [0, 0.1) is 11.3 Å². The summed E-state index contributed by atoms with van der Waals surface area (Å²) in [4.78, 5) is 0. The minimum Gasteiger partial charge on any atom is -0.398 e. The van der Waals surface area contributed by atoms with Crippen molar-refractivity contribution in [3.8, 4) is 6.07 Å². The molecule has 0 radical (unpaired) electrons. The number of nitrogens with two attached hydrogens (primary N) is 1. The topological polar surface area (TPSA) is 90.3 Å². The largest absolute Gasteiger partial charge is 0.398 e. The number of nitrogen functional groups attached to an aromatic ring is 1. The molecule has 4 nitrogen and oxygen atoms in total. The molecule has 0 saturated carbocycles. The number of aliphatic hydroxyl groups excluding tert-OH is 2. The van der Waals surface area contributed by atoms with E-state index in [-0.39, 0.29) is 0 Å². The molecule has 5 heteroatoms. The van der Waals surface area contributed by atoms with Crippen molar-refractivity contribution in [2.75, 3.05) is 11.5 Å². The lowest BCUT2D eigenvalue weighted by atomic mass is 9.99. The second-order valence-electron chi connectivity index (χ2n) is 3.48. The molecule has 4 N–H and O–H groups in total. The van der Waals surface area contributed by atoms with Crippen molar-refractivity contribution >= 4 is 18.3 Å². The first-order valence-corrected chi connectivity index (χ1v) is 5.50. The highest BCUT2D eigenvalue weighted by Gasteiger charge is 2.20. The Kier molecular flexibility index (Phi) is 4.62. The lowest BCUT2D eigenvalue weighted by Gasteiger charge is -2.19. The fourth-order valence-corrected chi connectivity index (χ4v) is 1.66. The Bertz CT molecular complexity index is 403. The summed E-state index contributed by atoms with van der Waals surface area (Å²) in [5.41, 5.74) is 6.83. The van der Waals surface area contributed by atoms with E-state index in [0.717, 1.165) is 0 Å². The van der Waals surface area contributed by atoms with Crippen LogP contribution in [0.15, 0.2) is 18.2 Å². The molecular formula is C11H14N2O2S. The number of thiol groups is 1. The maximum absolute atomic E-state index is 9.85. The van der Waals surface area contributed by atoms with Crippen LogP contribution in [-0.4, -0.2) is 22.1 Å². The van der Waals surface area contributed by atoms with Gasteiger partial charge in [0.05, 0.1) is 17.7 Å². The highest BCUT2D eigenvalue weighted by Crippen LogP contribution is 2.25. The van der Waals surface area contributed by atoms with Crippen molar-refractivity contribution < 1.29 is 10.2 Å². The van der Waals surface area contributed by atoms with E-state index < -0.39 is 12.2 Å². The van der Waals surface area contributed by atoms with E-state index in [2.05, 4.69) is 12.6 Å². The summed E-state index contributed by atoms with van der Waals surface area (Å²) in [7, 11) is 0. The molecule has 2 unspecified atom stereocenters. The lowest BCUT2D eigenvalue weighted by Crippen LogP contribution is -2.19. The van der Waals surface area contributed by atoms with E-state index in [9.17, 15) is 10.2 Å². The Labute approximate surface area is 99.7 Å². The molecule has 0 spiro atoms. The van der Waals surface area contributed by atoms with Crippen molar-refractivity contribution in [3.05, 3.63) is 29.3 Å². The fourth-order valence-electron chi connectivity index (χ4n) is 1.40. The average molecular weight is 238 g/mol. The second kappa shape index (κ2) is 5.75. The van der Waals surface area contributed by atoms with Crippen molar-refractivity contribution in [2.45, 2.75) is 18.6 Å². The molecule has 0 aromatic heterocycles. The Balaban J connectivity index is 2.98. The normalized spacial score (nSPS) is 14.1. The Hall–Kier alpha value is -1.22. The van der Waals surface area contributed by atoms with Gasteiger partial charge in [0.2, 0.25) is 0 Å². The number of hydrogen-bond acceptors (Lipinski definition) is 5. The molecule has 86 valence electrons. The average Bonchev–Trinajstić information content (AvgIpc) is 2.29. The number of rotatable bonds is 4. The molecule has 0 aliphatic heterocycles. The van der Waals surface area contributed by atoms with Gasteiger partial charge in [0.15, 0.2) is 0 Å². The smallest absolute Gasteiger partial charge is 0.107 e. The van der Waals surface area contributed by atoms with E-state index in [0.29, 0.717) is 29.0 Å². The van der Waals surface area contributed by atoms with Gasteiger partial charge in [-0.15, -0.1) is 0 Å². The maximum Gasteiger partial charge on any atom is 0.107 e. The van der Waals surface area contributed by atoms with E-state index in [1.165, 1.54) is 6.07 Å². The van der Waals surface area contributed by atoms with Gasteiger partial charge in [0.1, 0.15) is 6.10 Å². The predicted octanol–water partition coefficient (Wildman–Crippen LogP) is 0.855. The zero-order valence-corrected chi connectivity index (χ0v) is 9.56. The van der Waals surface area contributed by atoms with E-state index >= 15 is 0 Å². The van der Waals surface area contributed by atoms with Crippen molar-refractivity contribution in [3.63, 3.8) is 0 Å². The van der Waals surface area contributed by atoms with Crippen molar-refractivity contribution in [1.82, 2.24) is 0 Å². The van der Waals surface area contributed by atoms with Gasteiger partial charge in [0.25, 0.3) is 0 Å². The minimum atomic E-state index is -1.08. The summed E-state index contributed by atoms with van der Waals surface area (Å²) >= 11 is 3.98. The number of aliphatic hydroxyl groups is 2. The molecule has 1 aromatic rings. The Morgan fingerprint density at radius 3 is 2.69 bits per heavy atom. The van der Waals surface area contributed by atoms with E-state index in [1.54, 1.807) is 12.1 Å². The molecule has 16 heavy (non-hydrogen) atoms. The molecule has 0 amide bonds. The molecule has 0 fully saturated rings. The van der Waals surface area contributed by atoms with E-state index in [4.69, 9.17) is 11.0 Å². The quantitative estimate of drug-likeness (QED) is 0.462. The maximum atomic E-state index is 9.85. The molecule has 0 heterocycles. The first-order valence-electron chi connectivity index (χ1n) is 4.86. The van der Waals surface area contributed by atoms with Crippen LogP contribution < -0.4 is 5.73 Å². The Morgan fingerprint density at radius 1 is 1.44 bits per heavy atom. The molecule has 1 rings (SSSR count). The predicted molar refractivity (Wildman–Crippen MR) is 65.0 cm³/mol. The summed E-state index contributed by atoms with van der Waals surface area (Å²) in [5.74, 6) is 0.468. The minimum absolute atomic E-state index is 0.362. The van der Waals surface area contributed by atoms with Crippen molar-refractivity contribution in [1.29, 1.82) is 5.26 Å². The molecule has 0 aliphatic carbocycles. The number of nitriles is 1. The number of hydrogen-bond donors (Lipinski definition) is 4.